The maximum Gasteiger partial charge on any atom is 0.254 e. The summed E-state index contributed by atoms with van der Waals surface area (Å²) in [5.74, 6) is -0.151. The lowest BCUT2D eigenvalue weighted by atomic mass is 10.2. The second kappa shape index (κ2) is 7.90. The topological polar surface area (TPSA) is 66.9 Å². The second-order valence-electron chi connectivity index (χ2n) is 5.61. The van der Waals surface area contributed by atoms with Crippen LogP contribution in [0, 0.1) is 0 Å². The molecule has 0 atom stereocenters. The molecule has 0 unspecified atom stereocenters. The Labute approximate surface area is 138 Å². The van der Waals surface area contributed by atoms with Gasteiger partial charge < -0.3 is 9.64 Å². The molecule has 128 valence electrons. The fourth-order valence-electron chi connectivity index (χ4n) is 2.42. The Kier molecular flexibility index (Phi) is 6.15. The third-order valence-electron chi connectivity index (χ3n) is 3.91. The van der Waals surface area contributed by atoms with Gasteiger partial charge in [-0.3, -0.25) is 4.79 Å². The van der Waals surface area contributed by atoms with Gasteiger partial charge in [-0.05, 0) is 24.6 Å². The molecule has 0 spiro atoms. The number of carbonyl (C=O) groups excluding carboxylic acids is 1. The van der Waals surface area contributed by atoms with Crippen LogP contribution < -0.4 is 0 Å². The van der Waals surface area contributed by atoms with E-state index in [1.807, 2.05) is 6.92 Å². The van der Waals surface area contributed by atoms with Gasteiger partial charge in [0.2, 0.25) is 10.0 Å². The van der Waals surface area contributed by atoms with Gasteiger partial charge in [-0.25, -0.2) is 12.7 Å². The molecule has 23 heavy (non-hydrogen) atoms. The molecule has 1 heterocycles. The summed E-state index contributed by atoms with van der Waals surface area (Å²) in [4.78, 5) is 14.3. The van der Waals surface area contributed by atoms with Crippen molar-refractivity contribution in [1.82, 2.24) is 9.21 Å². The maximum absolute atomic E-state index is 12.6. The van der Waals surface area contributed by atoms with Gasteiger partial charge in [0.1, 0.15) is 0 Å². The summed E-state index contributed by atoms with van der Waals surface area (Å²) in [7, 11) is -1.99. The van der Waals surface area contributed by atoms with E-state index in [9.17, 15) is 13.2 Å². The summed E-state index contributed by atoms with van der Waals surface area (Å²) in [5, 5.41) is 0. The monoisotopic (exact) mass is 340 g/mol. The molecule has 0 radical (unpaired) electrons. The Morgan fingerprint density at radius 3 is 2.65 bits per heavy atom. The minimum absolute atomic E-state index is 0.151. The van der Waals surface area contributed by atoms with Crippen LogP contribution in [0.2, 0.25) is 0 Å². The molecule has 0 aliphatic carbocycles. The first-order valence-corrected chi connectivity index (χ1v) is 9.34. The number of rotatable bonds is 6. The van der Waals surface area contributed by atoms with Crippen LogP contribution in [0.1, 0.15) is 30.1 Å². The van der Waals surface area contributed by atoms with Crippen molar-refractivity contribution < 1.29 is 17.9 Å². The van der Waals surface area contributed by atoms with Crippen molar-refractivity contribution in [2.45, 2.75) is 24.7 Å². The summed E-state index contributed by atoms with van der Waals surface area (Å²) in [6.45, 7) is 4.59. The first-order valence-electron chi connectivity index (χ1n) is 7.90. The normalized spacial score (nSPS) is 15.9. The van der Waals surface area contributed by atoms with E-state index in [0.717, 1.165) is 12.8 Å². The van der Waals surface area contributed by atoms with Crippen molar-refractivity contribution in [3.63, 3.8) is 0 Å². The molecular formula is C16H24N2O4S. The van der Waals surface area contributed by atoms with Crippen LogP contribution in [0.15, 0.2) is 29.2 Å². The Hall–Kier alpha value is -1.44. The molecule has 1 aliphatic heterocycles. The third kappa shape index (κ3) is 4.31. The number of hydrogen-bond donors (Lipinski definition) is 0. The van der Waals surface area contributed by atoms with E-state index in [2.05, 4.69) is 0 Å². The molecule has 1 aromatic carbocycles. The molecular weight excluding hydrogens is 316 g/mol. The fourth-order valence-corrected chi connectivity index (χ4v) is 3.68. The number of amides is 1. The van der Waals surface area contributed by atoms with E-state index in [-0.39, 0.29) is 10.8 Å². The van der Waals surface area contributed by atoms with Gasteiger partial charge in [0, 0.05) is 32.2 Å². The Balaban J connectivity index is 2.20. The summed E-state index contributed by atoms with van der Waals surface area (Å²) in [6.07, 6.45) is 1.73. The SMILES string of the molecule is CCCCN(C)S(=O)(=O)c1cccc(C(=O)N2CCOCC2)c1. The molecule has 0 bridgehead atoms. The number of ether oxygens (including phenoxy) is 1. The number of benzene rings is 1. The standard InChI is InChI=1S/C16H24N2O4S/c1-3-4-8-17(2)23(20,21)15-7-5-6-14(13-15)16(19)18-9-11-22-12-10-18/h5-7,13H,3-4,8-12H2,1-2H3. The highest BCUT2D eigenvalue weighted by molar-refractivity contribution is 7.89. The molecule has 1 aromatic rings. The number of unbranched alkanes of at least 4 members (excludes halogenated alkanes) is 1. The van der Waals surface area contributed by atoms with Gasteiger partial charge >= 0.3 is 0 Å². The zero-order valence-electron chi connectivity index (χ0n) is 13.7. The molecule has 0 saturated carbocycles. The average molecular weight is 340 g/mol. The van der Waals surface area contributed by atoms with Crippen LogP contribution in [0.25, 0.3) is 0 Å². The smallest absolute Gasteiger partial charge is 0.254 e. The van der Waals surface area contributed by atoms with Crippen molar-refractivity contribution >= 4 is 15.9 Å². The van der Waals surface area contributed by atoms with Gasteiger partial charge in [-0.2, -0.15) is 0 Å². The highest BCUT2D eigenvalue weighted by atomic mass is 32.2. The van der Waals surface area contributed by atoms with Crippen LogP contribution in [0.3, 0.4) is 0 Å². The van der Waals surface area contributed by atoms with Crippen molar-refractivity contribution in [1.29, 1.82) is 0 Å². The van der Waals surface area contributed by atoms with Gasteiger partial charge in [-0.1, -0.05) is 19.4 Å². The highest BCUT2D eigenvalue weighted by Gasteiger charge is 2.23. The van der Waals surface area contributed by atoms with Crippen LogP contribution in [0.4, 0.5) is 0 Å². The second-order valence-corrected chi connectivity index (χ2v) is 7.66. The van der Waals surface area contributed by atoms with Crippen molar-refractivity contribution in [2.24, 2.45) is 0 Å². The largest absolute Gasteiger partial charge is 0.378 e. The molecule has 1 fully saturated rings. The summed E-state index contributed by atoms with van der Waals surface area (Å²) in [5.41, 5.74) is 0.400. The fraction of sp³-hybridized carbons (Fsp3) is 0.562. The molecule has 1 amide bonds. The molecule has 1 aliphatic rings. The van der Waals surface area contributed by atoms with E-state index in [4.69, 9.17) is 4.74 Å². The van der Waals surface area contributed by atoms with Crippen molar-refractivity contribution in [2.75, 3.05) is 39.9 Å². The minimum atomic E-state index is -3.56. The predicted molar refractivity (Wildman–Crippen MR) is 87.9 cm³/mol. The van der Waals surface area contributed by atoms with E-state index in [1.54, 1.807) is 24.1 Å². The summed E-state index contributed by atoms with van der Waals surface area (Å²) >= 11 is 0. The van der Waals surface area contributed by atoms with Crippen molar-refractivity contribution in [3.05, 3.63) is 29.8 Å². The predicted octanol–water partition coefficient (Wildman–Crippen LogP) is 1.58. The number of hydrogen-bond acceptors (Lipinski definition) is 4. The number of nitrogens with zero attached hydrogens (tertiary/aromatic N) is 2. The summed E-state index contributed by atoms with van der Waals surface area (Å²) < 4.78 is 31.7. The molecule has 0 N–H and O–H groups in total. The van der Waals surface area contributed by atoms with Crippen LogP contribution >= 0.6 is 0 Å². The van der Waals surface area contributed by atoms with E-state index < -0.39 is 10.0 Å². The lowest BCUT2D eigenvalue weighted by Crippen LogP contribution is -2.40. The lowest BCUT2D eigenvalue weighted by molar-refractivity contribution is 0.0302. The quantitative estimate of drug-likeness (QED) is 0.788. The minimum Gasteiger partial charge on any atom is -0.378 e. The van der Waals surface area contributed by atoms with Crippen LogP contribution in [0.5, 0.6) is 0 Å². The Bertz CT molecular complexity index is 639. The Morgan fingerprint density at radius 1 is 1.30 bits per heavy atom. The van der Waals surface area contributed by atoms with Gasteiger partial charge in [0.25, 0.3) is 5.91 Å². The van der Waals surface area contributed by atoms with Gasteiger partial charge in [0.15, 0.2) is 0 Å². The van der Waals surface area contributed by atoms with E-state index in [1.165, 1.54) is 16.4 Å². The van der Waals surface area contributed by atoms with Crippen LogP contribution in [-0.2, 0) is 14.8 Å². The first-order chi connectivity index (χ1) is 11.0. The molecule has 2 rings (SSSR count). The summed E-state index contributed by atoms with van der Waals surface area (Å²) in [6, 6.07) is 6.28. The average Bonchev–Trinajstić information content (AvgIpc) is 2.59. The number of carbonyl (C=O) groups is 1. The lowest BCUT2D eigenvalue weighted by Gasteiger charge is -2.27. The molecule has 6 nitrogen and oxygen atoms in total. The van der Waals surface area contributed by atoms with Crippen LogP contribution in [-0.4, -0.2) is 63.4 Å². The molecule has 0 aromatic heterocycles. The zero-order chi connectivity index (χ0) is 16.9. The maximum atomic E-state index is 12.6. The zero-order valence-corrected chi connectivity index (χ0v) is 14.5. The first kappa shape index (κ1) is 17.9. The third-order valence-corrected chi connectivity index (χ3v) is 5.77. The van der Waals surface area contributed by atoms with Gasteiger partial charge in [-0.15, -0.1) is 0 Å². The van der Waals surface area contributed by atoms with Gasteiger partial charge in [0.05, 0.1) is 18.1 Å². The van der Waals surface area contributed by atoms with E-state index in [0.29, 0.717) is 38.4 Å². The molecule has 7 heteroatoms. The van der Waals surface area contributed by atoms with Crippen molar-refractivity contribution in [3.8, 4) is 0 Å². The highest BCUT2D eigenvalue weighted by Crippen LogP contribution is 2.18. The molecule has 1 saturated heterocycles. The number of sulfonamides is 1. The Morgan fingerprint density at radius 2 is 2.00 bits per heavy atom. The van der Waals surface area contributed by atoms with E-state index >= 15 is 0 Å². The number of morpholine rings is 1.